The molecule has 0 spiro atoms. The molecular formula is C18H20FNS. The minimum Gasteiger partial charge on any atom is -0.310 e. The van der Waals surface area contributed by atoms with Gasteiger partial charge in [-0.25, -0.2) is 4.39 Å². The first kappa shape index (κ1) is 14.6. The Hall–Kier alpha value is -1.32. The summed E-state index contributed by atoms with van der Waals surface area (Å²) in [6, 6.07) is 14.5. The molecule has 0 heterocycles. The second-order valence-electron chi connectivity index (χ2n) is 5.73. The van der Waals surface area contributed by atoms with Gasteiger partial charge in [-0.15, -0.1) is 11.8 Å². The molecular weight excluding hydrogens is 281 g/mol. The fourth-order valence-electron chi connectivity index (χ4n) is 2.32. The standard InChI is InChI=1S/C18H20FNS/c1-13-3-2-4-14(7-13)12-21-18-9-15(8-16(19)10-18)11-20-17-5-6-17/h2-4,7-10,17,20H,5-6,11-12H2,1H3. The van der Waals surface area contributed by atoms with Gasteiger partial charge in [-0.05, 0) is 49.1 Å². The van der Waals surface area contributed by atoms with E-state index in [0.29, 0.717) is 6.04 Å². The largest absolute Gasteiger partial charge is 0.310 e. The zero-order valence-corrected chi connectivity index (χ0v) is 13.0. The van der Waals surface area contributed by atoms with E-state index in [-0.39, 0.29) is 5.82 Å². The van der Waals surface area contributed by atoms with E-state index in [4.69, 9.17) is 0 Å². The Morgan fingerprint density at radius 1 is 1.14 bits per heavy atom. The number of hydrogen-bond acceptors (Lipinski definition) is 2. The van der Waals surface area contributed by atoms with E-state index in [9.17, 15) is 4.39 Å². The second-order valence-corrected chi connectivity index (χ2v) is 6.78. The van der Waals surface area contributed by atoms with Gasteiger partial charge in [0.2, 0.25) is 0 Å². The van der Waals surface area contributed by atoms with Gasteiger partial charge in [0.05, 0.1) is 0 Å². The molecule has 0 aromatic heterocycles. The molecule has 0 unspecified atom stereocenters. The molecule has 3 heteroatoms. The van der Waals surface area contributed by atoms with Crippen molar-refractivity contribution in [1.29, 1.82) is 0 Å². The minimum absolute atomic E-state index is 0.142. The van der Waals surface area contributed by atoms with Crippen molar-refractivity contribution < 1.29 is 4.39 Å². The third-order valence-corrected chi connectivity index (χ3v) is 4.64. The molecule has 0 atom stereocenters. The zero-order valence-electron chi connectivity index (χ0n) is 12.2. The molecule has 1 N–H and O–H groups in total. The highest BCUT2D eigenvalue weighted by Gasteiger charge is 2.20. The summed E-state index contributed by atoms with van der Waals surface area (Å²) in [5.41, 5.74) is 3.58. The van der Waals surface area contributed by atoms with Gasteiger partial charge in [-0.1, -0.05) is 29.8 Å². The van der Waals surface area contributed by atoms with E-state index in [1.165, 1.54) is 24.0 Å². The van der Waals surface area contributed by atoms with E-state index in [1.807, 2.05) is 0 Å². The van der Waals surface area contributed by atoms with Crippen molar-refractivity contribution >= 4 is 11.8 Å². The third-order valence-electron chi connectivity index (χ3n) is 3.59. The first-order valence-electron chi connectivity index (χ1n) is 7.40. The number of thioether (sulfide) groups is 1. The van der Waals surface area contributed by atoms with Gasteiger partial charge >= 0.3 is 0 Å². The summed E-state index contributed by atoms with van der Waals surface area (Å²) in [6.07, 6.45) is 2.51. The van der Waals surface area contributed by atoms with Crippen LogP contribution in [0.2, 0.25) is 0 Å². The highest BCUT2D eigenvalue weighted by molar-refractivity contribution is 7.98. The lowest BCUT2D eigenvalue weighted by molar-refractivity contribution is 0.615. The zero-order chi connectivity index (χ0) is 14.7. The van der Waals surface area contributed by atoms with E-state index < -0.39 is 0 Å². The van der Waals surface area contributed by atoms with Gasteiger partial charge in [0.1, 0.15) is 5.82 Å². The topological polar surface area (TPSA) is 12.0 Å². The maximum absolute atomic E-state index is 13.7. The second kappa shape index (κ2) is 6.63. The maximum atomic E-state index is 13.7. The van der Waals surface area contributed by atoms with Crippen molar-refractivity contribution in [3.63, 3.8) is 0 Å². The summed E-state index contributed by atoms with van der Waals surface area (Å²) in [5, 5.41) is 3.43. The lowest BCUT2D eigenvalue weighted by Gasteiger charge is -2.08. The van der Waals surface area contributed by atoms with Crippen LogP contribution >= 0.6 is 11.8 Å². The van der Waals surface area contributed by atoms with Crippen molar-refractivity contribution in [2.75, 3.05) is 0 Å². The molecule has 2 aromatic carbocycles. The predicted octanol–water partition coefficient (Wildman–Crippen LogP) is 4.68. The monoisotopic (exact) mass is 301 g/mol. The fraction of sp³-hybridized carbons (Fsp3) is 0.333. The molecule has 0 amide bonds. The summed E-state index contributed by atoms with van der Waals surface area (Å²) >= 11 is 1.69. The van der Waals surface area contributed by atoms with Gasteiger partial charge in [0, 0.05) is 23.2 Å². The maximum Gasteiger partial charge on any atom is 0.124 e. The first-order valence-corrected chi connectivity index (χ1v) is 8.39. The molecule has 0 saturated heterocycles. The van der Waals surface area contributed by atoms with Gasteiger partial charge < -0.3 is 5.32 Å². The number of hydrogen-bond donors (Lipinski definition) is 1. The molecule has 1 saturated carbocycles. The summed E-state index contributed by atoms with van der Waals surface area (Å²) in [6.45, 7) is 2.86. The van der Waals surface area contributed by atoms with Gasteiger partial charge in [0.15, 0.2) is 0 Å². The van der Waals surface area contributed by atoms with E-state index >= 15 is 0 Å². The smallest absolute Gasteiger partial charge is 0.124 e. The van der Waals surface area contributed by atoms with Crippen LogP contribution in [0, 0.1) is 12.7 Å². The highest BCUT2D eigenvalue weighted by Crippen LogP contribution is 2.26. The number of aryl methyl sites for hydroxylation is 1. The number of benzene rings is 2. The van der Waals surface area contributed by atoms with Crippen LogP contribution in [0.1, 0.15) is 29.5 Å². The summed E-state index contributed by atoms with van der Waals surface area (Å²) in [4.78, 5) is 1.00. The normalized spacial score (nSPS) is 14.4. The average molecular weight is 301 g/mol. The Kier molecular flexibility index (Phi) is 4.61. The molecule has 1 aliphatic carbocycles. The lowest BCUT2D eigenvalue weighted by atomic mass is 10.2. The van der Waals surface area contributed by atoms with E-state index in [2.05, 4.69) is 42.6 Å². The number of nitrogens with one attached hydrogen (secondary N) is 1. The number of halogens is 1. The van der Waals surface area contributed by atoms with E-state index in [1.54, 1.807) is 23.9 Å². The van der Waals surface area contributed by atoms with Crippen LogP contribution in [-0.2, 0) is 12.3 Å². The molecule has 1 fully saturated rings. The summed E-state index contributed by atoms with van der Waals surface area (Å²) in [7, 11) is 0. The molecule has 0 aliphatic heterocycles. The summed E-state index contributed by atoms with van der Waals surface area (Å²) in [5.74, 6) is 0.734. The number of rotatable bonds is 6. The van der Waals surface area contributed by atoms with Crippen LogP contribution in [-0.4, -0.2) is 6.04 Å². The highest BCUT2D eigenvalue weighted by atomic mass is 32.2. The quantitative estimate of drug-likeness (QED) is 0.778. The molecule has 1 nitrogen and oxygen atoms in total. The Morgan fingerprint density at radius 2 is 2.00 bits per heavy atom. The average Bonchev–Trinajstić information content (AvgIpc) is 3.27. The van der Waals surface area contributed by atoms with Crippen molar-refractivity contribution in [2.24, 2.45) is 0 Å². The van der Waals surface area contributed by atoms with Crippen LogP contribution in [0.25, 0.3) is 0 Å². The van der Waals surface area contributed by atoms with Crippen LogP contribution in [0.4, 0.5) is 4.39 Å². The molecule has 21 heavy (non-hydrogen) atoms. The van der Waals surface area contributed by atoms with E-state index in [0.717, 1.165) is 22.8 Å². The van der Waals surface area contributed by atoms with Crippen molar-refractivity contribution in [3.8, 4) is 0 Å². The Labute approximate surface area is 130 Å². The minimum atomic E-state index is -0.142. The lowest BCUT2D eigenvalue weighted by Crippen LogP contribution is -2.15. The van der Waals surface area contributed by atoms with Gasteiger partial charge in [-0.3, -0.25) is 0 Å². The molecule has 0 radical (unpaired) electrons. The molecule has 110 valence electrons. The first-order chi connectivity index (χ1) is 10.2. The van der Waals surface area contributed by atoms with Gasteiger partial charge in [0.25, 0.3) is 0 Å². The molecule has 3 rings (SSSR count). The molecule has 2 aromatic rings. The van der Waals surface area contributed by atoms with Crippen LogP contribution in [0.5, 0.6) is 0 Å². The van der Waals surface area contributed by atoms with Crippen molar-refractivity contribution in [3.05, 3.63) is 65.0 Å². The molecule has 1 aliphatic rings. The Morgan fingerprint density at radius 3 is 2.76 bits per heavy atom. The predicted molar refractivity (Wildman–Crippen MR) is 87.0 cm³/mol. The third kappa shape index (κ3) is 4.58. The summed E-state index contributed by atoms with van der Waals surface area (Å²) < 4.78 is 13.7. The molecule has 0 bridgehead atoms. The SMILES string of the molecule is Cc1cccc(CSc2cc(F)cc(CNC3CC3)c2)c1. The Bertz CT molecular complexity index is 622. The van der Waals surface area contributed by atoms with Gasteiger partial charge in [-0.2, -0.15) is 0 Å². The van der Waals surface area contributed by atoms with Crippen molar-refractivity contribution in [1.82, 2.24) is 5.32 Å². The van der Waals surface area contributed by atoms with Crippen LogP contribution in [0.3, 0.4) is 0 Å². The Balaban J connectivity index is 1.63. The van der Waals surface area contributed by atoms with Crippen LogP contribution < -0.4 is 5.32 Å². The van der Waals surface area contributed by atoms with Crippen LogP contribution in [0.15, 0.2) is 47.4 Å². The fourth-order valence-corrected chi connectivity index (χ4v) is 3.27. The van der Waals surface area contributed by atoms with Crippen molar-refractivity contribution in [2.45, 2.75) is 43.0 Å².